The Bertz CT molecular complexity index is 1380. The van der Waals surface area contributed by atoms with Crippen molar-refractivity contribution in [3.63, 3.8) is 0 Å². The van der Waals surface area contributed by atoms with Crippen molar-refractivity contribution in [3.05, 3.63) is 72.8 Å². The predicted octanol–water partition coefficient (Wildman–Crippen LogP) is 5.11. The van der Waals surface area contributed by atoms with Gasteiger partial charge in [0.05, 0.1) is 25.4 Å². The Kier molecular flexibility index (Phi) is 5.09. The van der Waals surface area contributed by atoms with Crippen molar-refractivity contribution in [1.29, 1.82) is 0 Å². The molecule has 0 bridgehead atoms. The summed E-state index contributed by atoms with van der Waals surface area (Å²) in [5.41, 5.74) is 2.31. The van der Waals surface area contributed by atoms with Gasteiger partial charge in [0.1, 0.15) is 17.3 Å². The summed E-state index contributed by atoms with van der Waals surface area (Å²) in [6.07, 6.45) is 0. The van der Waals surface area contributed by atoms with E-state index < -0.39 is 0 Å². The van der Waals surface area contributed by atoms with Crippen LogP contribution in [0.25, 0.3) is 34.1 Å². The zero-order valence-electron chi connectivity index (χ0n) is 17.4. The first-order chi connectivity index (χ1) is 15.7. The molecule has 32 heavy (non-hydrogen) atoms. The van der Waals surface area contributed by atoms with Crippen LogP contribution in [0, 0.1) is 0 Å². The minimum absolute atomic E-state index is 0.227. The number of aromatic nitrogens is 4. The molecule has 0 radical (unpaired) electrons. The van der Waals surface area contributed by atoms with Gasteiger partial charge in [0, 0.05) is 10.9 Å². The smallest absolute Gasteiger partial charge is 0.286 e. The van der Waals surface area contributed by atoms with E-state index >= 15 is 0 Å². The molecule has 5 aromatic rings. The molecule has 0 saturated carbocycles. The molecule has 8 nitrogen and oxygen atoms in total. The summed E-state index contributed by atoms with van der Waals surface area (Å²) >= 11 is 0. The Hall–Kier alpha value is -4.46. The van der Waals surface area contributed by atoms with Crippen molar-refractivity contribution in [2.75, 3.05) is 19.5 Å². The highest BCUT2D eigenvalue weighted by molar-refractivity contribution is 5.92. The van der Waals surface area contributed by atoms with Gasteiger partial charge in [-0.25, -0.2) is 9.97 Å². The van der Waals surface area contributed by atoms with Gasteiger partial charge in [-0.2, -0.15) is 0 Å². The van der Waals surface area contributed by atoms with Crippen LogP contribution in [-0.4, -0.2) is 34.4 Å². The van der Waals surface area contributed by atoms with E-state index in [0.29, 0.717) is 23.3 Å². The first-order valence-electron chi connectivity index (χ1n) is 9.90. The number of methoxy groups -OCH3 is 2. The highest BCUT2D eigenvalue weighted by Gasteiger charge is 2.17. The lowest BCUT2D eigenvalue weighted by molar-refractivity contribution is 0.415. The normalized spacial score (nSPS) is 10.8. The standard InChI is InChI=1S/C24H19N5O3/c1-30-16-13-11-15(12-14-16)23-28-29-24(32-23)22-25-18-8-4-3-7-17(18)21(27-22)26-19-9-5-6-10-20(19)31-2/h3-14H,1-2H3,(H,25,26,27). The Balaban J connectivity index is 1.56. The summed E-state index contributed by atoms with van der Waals surface area (Å²) < 4.78 is 16.5. The highest BCUT2D eigenvalue weighted by Crippen LogP contribution is 2.31. The minimum Gasteiger partial charge on any atom is -0.497 e. The fraction of sp³-hybridized carbons (Fsp3) is 0.0833. The number of anilines is 2. The van der Waals surface area contributed by atoms with Gasteiger partial charge in [0.25, 0.3) is 5.89 Å². The molecule has 0 amide bonds. The molecule has 2 aromatic heterocycles. The quantitative estimate of drug-likeness (QED) is 0.401. The van der Waals surface area contributed by atoms with E-state index in [0.717, 1.165) is 27.9 Å². The number of hydrogen-bond acceptors (Lipinski definition) is 8. The van der Waals surface area contributed by atoms with E-state index in [-0.39, 0.29) is 5.89 Å². The van der Waals surface area contributed by atoms with Gasteiger partial charge in [-0.1, -0.05) is 24.3 Å². The predicted molar refractivity (Wildman–Crippen MR) is 121 cm³/mol. The van der Waals surface area contributed by atoms with Crippen molar-refractivity contribution in [1.82, 2.24) is 20.2 Å². The third-order valence-corrected chi connectivity index (χ3v) is 4.92. The third-order valence-electron chi connectivity index (χ3n) is 4.92. The van der Waals surface area contributed by atoms with Crippen LogP contribution in [0.1, 0.15) is 0 Å². The summed E-state index contributed by atoms with van der Waals surface area (Å²) in [6.45, 7) is 0. The second kappa shape index (κ2) is 8.35. The van der Waals surface area contributed by atoms with E-state index in [1.807, 2.05) is 72.8 Å². The number of nitrogens with zero attached hydrogens (tertiary/aromatic N) is 4. The van der Waals surface area contributed by atoms with E-state index in [9.17, 15) is 0 Å². The van der Waals surface area contributed by atoms with Crippen LogP contribution in [0.3, 0.4) is 0 Å². The van der Waals surface area contributed by atoms with Gasteiger partial charge in [-0.3, -0.25) is 0 Å². The van der Waals surface area contributed by atoms with Crippen LogP contribution in [0.5, 0.6) is 11.5 Å². The minimum atomic E-state index is 0.227. The van der Waals surface area contributed by atoms with Crippen LogP contribution in [-0.2, 0) is 0 Å². The van der Waals surface area contributed by atoms with E-state index in [1.165, 1.54) is 0 Å². The number of benzene rings is 3. The largest absolute Gasteiger partial charge is 0.497 e. The van der Waals surface area contributed by atoms with Crippen LogP contribution < -0.4 is 14.8 Å². The molecule has 2 heterocycles. The lowest BCUT2D eigenvalue weighted by atomic mass is 10.2. The van der Waals surface area contributed by atoms with Crippen molar-refractivity contribution in [3.8, 4) is 34.7 Å². The van der Waals surface area contributed by atoms with Gasteiger partial charge in [0.2, 0.25) is 11.7 Å². The first kappa shape index (κ1) is 19.5. The monoisotopic (exact) mass is 425 g/mol. The van der Waals surface area contributed by atoms with Crippen molar-refractivity contribution in [2.24, 2.45) is 0 Å². The molecule has 0 aliphatic heterocycles. The van der Waals surface area contributed by atoms with Gasteiger partial charge in [-0.15, -0.1) is 10.2 Å². The number of fused-ring (bicyclic) bond motifs is 1. The summed E-state index contributed by atoms with van der Waals surface area (Å²) in [5, 5.41) is 12.5. The molecule has 0 fully saturated rings. The van der Waals surface area contributed by atoms with Crippen LogP contribution in [0.2, 0.25) is 0 Å². The average Bonchev–Trinajstić information content (AvgIpc) is 3.35. The van der Waals surface area contributed by atoms with E-state index in [1.54, 1.807) is 14.2 Å². The molecule has 0 unspecified atom stereocenters. The average molecular weight is 425 g/mol. The number of rotatable bonds is 6. The second-order valence-corrected chi connectivity index (χ2v) is 6.88. The molecule has 5 rings (SSSR count). The van der Waals surface area contributed by atoms with Crippen molar-refractivity contribution >= 4 is 22.4 Å². The summed E-state index contributed by atoms with van der Waals surface area (Å²) in [4.78, 5) is 9.31. The molecular weight excluding hydrogens is 406 g/mol. The highest BCUT2D eigenvalue weighted by atomic mass is 16.5. The van der Waals surface area contributed by atoms with Crippen molar-refractivity contribution < 1.29 is 13.9 Å². The number of hydrogen-bond donors (Lipinski definition) is 1. The number of ether oxygens (including phenoxy) is 2. The maximum Gasteiger partial charge on any atom is 0.286 e. The molecule has 0 atom stereocenters. The summed E-state index contributed by atoms with van der Waals surface area (Å²) in [6, 6.07) is 22.7. The lowest BCUT2D eigenvalue weighted by Crippen LogP contribution is -2.01. The fourth-order valence-electron chi connectivity index (χ4n) is 3.31. The Morgan fingerprint density at radius 2 is 1.50 bits per heavy atom. The second-order valence-electron chi connectivity index (χ2n) is 6.88. The number of para-hydroxylation sites is 3. The zero-order chi connectivity index (χ0) is 21.9. The molecule has 0 aliphatic carbocycles. The number of nitrogens with one attached hydrogen (secondary N) is 1. The molecule has 3 aromatic carbocycles. The molecule has 0 spiro atoms. The van der Waals surface area contributed by atoms with Gasteiger partial charge < -0.3 is 19.2 Å². The molecule has 0 aliphatic rings. The summed E-state index contributed by atoms with van der Waals surface area (Å²) in [5.74, 6) is 2.99. The first-order valence-corrected chi connectivity index (χ1v) is 9.90. The van der Waals surface area contributed by atoms with Gasteiger partial charge in [0.15, 0.2) is 0 Å². The van der Waals surface area contributed by atoms with E-state index in [4.69, 9.17) is 13.9 Å². The zero-order valence-corrected chi connectivity index (χ0v) is 17.4. The lowest BCUT2D eigenvalue weighted by Gasteiger charge is -2.12. The maximum atomic E-state index is 5.89. The van der Waals surface area contributed by atoms with E-state index in [2.05, 4.69) is 25.5 Å². The Morgan fingerprint density at radius 3 is 2.31 bits per heavy atom. The van der Waals surface area contributed by atoms with Crippen LogP contribution in [0.15, 0.2) is 77.2 Å². The molecular formula is C24H19N5O3. The Morgan fingerprint density at radius 1 is 0.750 bits per heavy atom. The molecule has 0 saturated heterocycles. The topological polar surface area (TPSA) is 95.2 Å². The van der Waals surface area contributed by atoms with Gasteiger partial charge >= 0.3 is 0 Å². The molecule has 158 valence electrons. The van der Waals surface area contributed by atoms with Crippen LogP contribution >= 0.6 is 0 Å². The fourth-order valence-corrected chi connectivity index (χ4v) is 3.31. The summed E-state index contributed by atoms with van der Waals surface area (Å²) in [7, 11) is 3.25. The molecule has 1 N–H and O–H groups in total. The maximum absolute atomic E-state index is 5.89. The SMILES string of the molecule is COc1ccc(-c2nnc(-c3nc(Nc4ccccc4OC)c4ccccc4n3)o2)cc1. The van der Waals surface area contributed by atoms with Crippen LogP contribution in [0.4, 0.5) is 11.5 Å². The van der Waals surface area contributed by atoms with Crippen molar-refractivity contribution in [2.45, 2.75) is 0 Å². The van der Waals surface area contributed by atoms with Gasteiger partial charge in [-0.05, 0) is 48.5 Å². The third kappa shape index (κ3) is 3.69. The Labute approximate surface area is 183 Å². The molecule has 8 heteroatoms.